The summed E-state index contributed by atoms with van der Waals surface area (Å²) in [7, 11) is 0. The molecular formula is C19H21NO2. The van der Waals surface area contributed by atoms with Gasteiger partial charge in [-0.15, -0.1) is 0 Å². The molecule has 114 valence electrons. The molecule has 0 amide bonds. The SMILES string of the molecule is O=C(O)C1CCC(c2ccccc2)N(Cc2ccccc2)C1. The first kappa shape index (κ1) is 14.8. The Morgan fingerprint density at radius 3 is 2.27 bits per heavy atom. The maximum absolute atomic E-state index is 11.4. The van der Waals surface area contributed by atoms with Gasteiger partial charge in [0.05, 0.1) is 5.92 Å². The van der Waals surface area contributed by atoms with E-state index in [2.05, 4.69) is 41.3 Å². The number of carboxylic acids is 1. The smallest absolute Gasteiger partial charge is 0.307 e. The fourth-order valence-electron chi connectivity index (χ4n) is 3.29. The van der Waals surface area contributed by atoms with Crippen LogP contribution in [0.25, 0.3) is 0 Å². The number of aliphatic carboxylic acids is 1. The summed E-state index contributed by atoms with van der Waals surface area (Å²) in [6.07, 6.45) is 1.65. The summed E-state index contributed by atoms with van der Waals surface area (Å²) in [5.74, 6) is -0.937. The Labute approximate surface area is 131 Å². The molecule has 1 N–H and O–H groups in total. The molecule has 2 aromatic rings. The molecule has 1 heterocycles. The Morgan fingerprint density at radius 2 is 1.64 bits per heavy atom. The molecule has 1 fully saturated rings. The molecule has 0 aliphatic carbocycles. The minimum absolute atomic E-state index is 0.260. The standard InChI is InChI=1S/C19H21NO2/c21-19(22)17-11-12-18(16-9-5-2-6-10-16)20(14-17)13-15-7-3-1-4-8-15/h1-10,17-18H,11-14H2,(H,21,22). The molecule has 0 spiro atoms. The van der Waals surface area contributed by atoms with Crippen molar-refractivity contribution in [2.75, 3.05) is 6.54 Å². The maximum atomic E-state index is 11.4. The van der Waals surface area contributed by atoms with Crippen molar-refractivity contribution in [1.29, 1.82) is 0 Å². The summed E-state index contributed by atoms with van der Waals surface area (Å²) in [6.45, 7) is 1.41. The molecule has 1 aliphatic heterocycles. The summed E-state index contributed by atoms with van der Waals surface area (Å²) < 4.78 is 0. The van der Waals surface area contributed by atoms with Gasteiger partial charge in [-0.25, -0.2) is 0 Å². The Morgan fingerprint density at radius 1 is 1.00 bits per heavy atom. The van der Waals surface area contributed by atoms with E-state index in [0.717, 1.165) is 19.4 Å². The van der Waals surface area contributed by atoms with Crippen LogP contribution in [0.4, 0.5) is 0 Å². The fraction of sp³-hybridized carbons (Fsp3) is 0.316. The second-order valence-corrected chi connectivity index (χ2v) is 5.95. The zero-order chi connectivity index (χ0) is 15.4. The van der Waals surface area contributed by atoms with Crippen molar-refractivity contribution in [1.82, 2.24) is 4.90 Å². The van der Waals surface area contributed by atoms with E-state index in [1.807, 2.05) is 24.3 Å². The lowest BCUT2D eigenvalue weighted by atomic mass is 9.88. The minimum Gasteiger partial charge on any atom is -0.481 e. The predicted octanol–water partition coefficient (Wildman–Crippen LogP) is 3.72. The highest BCUT2D eigenvalue weighted by Gasteiger charge is 2.32. The van der Waals surface area contributed by atoms with Crippen LogP contribution in [-0.2, 0) is 11.3 Å². The molecule has 0 radical (unpaired) electrons. The number of benzene rings is 2. The van der Waals surface area contributed by atoms with E-state index in [-0.39, 0.29) is 5.92 Å². The zero-order valence-electron chi connectivity index (χ0n) is 12.6. The number of likely N-dealkylation sites (tertiary alicyclic amines) is 1. The summed E-state index contributed by atoms with van der Waals surface area (Å²) in [5, 5.41) is 9.35. The molecule has 0 saturated carbocycles. The van der Waals surface area contributed by atoms with Gasteiger partial charge in [0.15, 0.2) is 0 Å². The molecular weight excluding hydrogens is 274 g/mol. The van der Waals surface area contributed by atoms with Crippen molar-refractivity contribution in [2.45, 2.75) is 25.4 Å². The zero-order valence-corrected chi connectivity index (χ0v) is 12.6. The minimum atomic E-state index is -0.676. The summed E-state index contributed by atoms with van der Waals surface area (Å²) >= 11 is 0. The van der Waals surface area contributed by atoms with E-state index in [4.69, 9.17) is 0 Å². The van der Waals surface area contributed by atoms with Gasteiger partial charge in [0.25, 0.3) is 0 Å². The van der Waals surface area contributed by atoms with Crippen LogP contribution in [0.15, 0.2) is 60.7 Å². The quantitative estimate of drug-likeness (QED) is 0.934. The second-order valence-electron chi connectivity index (χ2n) is 5.95. The highest BCUT2D eigenvalue weighted by molar-refractivity contribution is 5.70. The molecule has 3 heteroatoms. The largest absolute Gasteiger partial charge is 0.481 e. The number of carbonyl (C=O) groups is 1. The lowest BCUT2D eigenvalue weighted by Crippen LogP contribution is -2.40. The molecule has 2 aromatic carbocycles. The molecule has 1 saturated heterocycles. The molecule has 3 rings (SSSR count). The summed E-state index contributed by atoms with van der Waals surface area (Å²) in [4.78, 5) is 13.7. The summed E-state index contributed by atoms with van der Waals surface area (Å²) in [5.41, 5.74) is 2.51. The van der Waals surface area contributed by atoms with Crippen LogP contribution in [0, 0.1) is 5.92 Å². The van der Waals surface area contributed by atoms with Crippen molar-refractivity contribution >= 4 is 5.97 Å². The maximum Gasteiger partial charge on any atom is 0.307 e. The van der Waals surface area contributed by atoms with Gasteiger partial charge in [0.2, 0.25) is 0 Å². The molecule has 0 aromatic heterocycles. The van der Waals surface area contributed by atoms with Crippen LogP contribution in [0.2, 0.25) is 0 Å². The number of hydrogen-bond donors (Lipinski definition) is 1. The van der Waals surface area contributed by atoms with Crippen LogP contribution < -0.4 is 0 Å². The number of piperidine rings is 1. The van der Waals surface area contributed by atoms with Crippen LogP contribution >= 0.6 is 0 Å². The Kier molecular flexibility index (Phi) is 4.54. The lowest BCUT2D eigenvalue weighted by Gasteiger charge is -2.38. The number of hydrogen-bond acceptors (Lipinski definition) is 2. The molecule has 22 heavy (non-hydrogen) atoms. The van der Waals surface area contributed by atoms with Gasteiger partial charge >= 0.3 is 5.97 Å². The van der Waals surface area contributed by atoms with E-state index < -0.39 is 5.97 Å². The fourth-order valence-corrected chi connectivity index (χ4v) is 3.29. The highest BCUT2D eigenvalue weighted by Crippen LogP contribution is 2.34. The molecule has 2 atom stereocenters. The van der Waals surface area contributed by atoms with Gasteiger partial charge in [-0.3, -0.25) is 9.69 Å². The van der Waals surface area contributed by atoms with Gasteiger partial charge < -0.3 is 5.11 Å². The Balaban J connectivity index is 1.83. The summed E-state index contributed by atoms with van der Waals surface area (Å²) in [6, 6.07) is 21.0. The van der Waals surface area contributed by atoms with Crippen LogP contribution in [-0.4, -0.2) is 22.5 Å². The topological polar surface area (TPSA) is 40.5 Å². The van der Waals surface area contributed by atoms with Crippen LogP contribution in [0.1, 0.15) is 30.0 Å². The third-order valence-corrected chi connectivity index (χ3v) is 4.45. The average molecular weight is 295 g/mol. The number of rotatable bonds is 4. The van der Waals surface area contributed by atoms with Gasteiger partial charge in [-0.05, 0) is 24.0 Å². The molecule has 1 aliphatic rings. The van der Waals surface area contributed by atoms with E-state index in [0.29, 0.717) is 12.6 Å². The van der Waals surface area contributed by atoms with Crippen LogP contribution in [0.5, 0.6) is 0 Å². The number of carboxylic acid groups (broad SMARTS) is 1. The van der Waals surface area contributed by atoms with Crippen molar-refractivity contribution in [3.63, 3.8) is 0 Å². The van der Waals surface area contributed by atoms with Crippen molar-refractivity contribution < 1.29 is 9.90 Å². The van der Waals surface area contributed by atoms with E-state index in [1.54, 1.807) is 0 Å². The average Bonchev–Trinajstić information content (AvgIpc) is 2.56. The molecule has 2 unspecified atom stereocenters. The number of nitrogens with zero attached hydrogens (tertiary/aromatic N) is 1. The first-order chi connectivity index (χ1) is 10.7. The normalized spacial score (nSPS) is 22.4. The second kappa shape index (κ2) is 6.75. The predicted molar refractivity (Wildman–Crippen MR) is 86.4 cm³/mol. The van der Waals surface area contributed by atoms with Gasteiger partial charge in [0.1, 0.15) is 0 Å². The third kappa shape index (κ3) is 3.37. The van der Waals surface area contributed by atoms with E-state index in [1.165, 1.54) is 11.1 Å². The monoisotopic (exact) mass is 295 g/mol. The molecule has 0 bridgehead atoms. The highest BCUT2D eigenvalue weighted by atomic mass is 16.4. The van der Waals surface area contributed by atoms with Crippen molar-refractivity contribution in [3.8, 4) is 0 Å². The Hall–Kier alpha value is -2.13. The third-order valence-electron chi connectivity index (χ3n) is 4.45. The van der Waals surface area contributed by atoms with Crippen molar-refractivity contribution in [2.24, 2.45) is 5.92 Å². The van der Waals surface area contributed by atoms with Gasteiger partial charge in [-0.2, -0.15) is 0 Å². The lowest BCUT2D eigenvalue weighted by molar-refractivity contribution is -0.144. The molecule has 3 nitrogen and oxygen atoms in total. The van der Waals surface area contributed by atoms with Crippen LogP contribution in [0.3, 0.4) is 0 Å². The first-order valence-corrected chi connectivity index (χ1v) is 7.80. The van der Waals surface area contributed by atoms with E-state index >= 15 is 0 Å². The van der Waals surface area contributed by atoms with Gasteiger partial charge in [0, 0.05) is 19.1 Å². The van der Waals surface area contributed by atoms with Gasteiger partial charge in [-0.1, -0.05) is 60.7 Å². The van der Waals surface area contributed by atoms with E-state index in [9.17, 15) is 9.90 Å². The van der Waals surface area contributed by atoms with Crippen molar-refractivity contribution in [3.05, 3.63) is 71.8 Å². The Bertz CT molecular complexity index is 612. The first-order valence-electron chi connectivity index (χ1n) is 7.80.